The standard InChI is InChI=1S/C18H18N4O4S2/c23-16(19-12-14-4-3-11-27-14)18-21-20-17(26-18)13-5-7-15(8-6-13)28(24,25)22-9-1-2-10-22/h3-8,11H,1-2,9-10,12H2,(H,19,23). The van der Waals surface area contributed by atoms with E-state index in [9.17, 15) is 13.2 Å². The van der Waals surface area contributed by atoms with Crippen molar-refractivity contribution in [3.05, 3.63) is 52.5 Å². The monoisotopic (exact) mass is 418 g/mol. The molecule has 0 radical (unpaired) electrons. The van der Waals surface area contributed by atoms with Crippen LogP contribution in [0.2, 0.25) is 0 Å². The maximum Gasteiger partial charge on any atom is 0.309 e. The highest BCUT2D eigenvalue weighted by Crippen LogP contribution is 2.24. The molecular formula is C18H18N4O4S2. The number of thiophene rings is 1. The molecule has 0 atom stereocenters. The summed E-state index contributed by atoms with van der Waals surface area (Å²) < 4.78 is 32.1. The zero-order valence-electron chi connectivity index (χ0n) is 14.9. The zero-order chi connectivity index (χ0) is 19.6. The van der Waals surface area contributed by atoms with Crippen molar-refractivity contribution < 1.29 is 17.6 Å². The van der Waals surface area contributed by atoms with Gasteiger partial charge in [0.15, 0.2) is 0 Å². The molecule has 10 heteroatoms. The Kier molecular flexibility index (Phi) is 5.25. The third kappa shape index (κ3) is 3.84. The normalized spacial score (nSPS) is 15.0. The molecule has 0 aliphatic carbocycles. The Hall–Kier alpha value is -2.56. The second kappa shape index (κ2) is 7.82. The van der Waals surface area contributed by atoms with Gasteiger partial charge in [-0.15, -0.1) is 21.5 Å². The fourth-order valence-corrected chi connectivity index (χ4v) is 5.10. The van der Waals surface area contributed by atoms with E-state index < -0.39 is 15.9 Å². The summed E-state index contributed by atoms with van der Waals surface area (Å²) in [6, 6.07) is 10.1. The number of nitrogens with zero attached hydrogens (tertiary/aromatic N) is 3. The molecule has 4 rings (SSSR count). The van der Waals surface area contributed by atoms with Crippen LogP contribution in [-0.2, 0) is 16.6 Å². The Morgan fingerprint density at radius 3 is 2.57 bits per heavy atom. The lowest BCUT2D eigenvalue weighted by molar-refractivity contribution is 0.0917. The third-order valence-corrected chi connectivity index (χ3v) is 7.22. The number of hydrogen-bond acceptors (Lipinski definition) is 7. The van der Waals surface area contributed by atoms with Crippen molar-refractivity contribution in [3.8, 4) is 11.5 Å². The van der Waals surface area contributed by atoms with Crippen LogP contribution in [0.3, 0.4) is 0 Å². The molecule has 0 saturated carbocycles. The Balaban J connectivity index is 1.45. The van der Waals surface area contributed by atoms with E-state index in [0.717, 1.165) is 17.7 Å². The Morgan fingerprint density at radius 1 is 1.14 bits per heavy atom. The molecule has 1 N–H and O–H groups in total. The number of hydrogen-bond donors (Lipinski definition) is 1. The molecule has 3 heterocycles. The third-order valence-electron chi connectivity index (χ3n) is 4.43. The van der Waals surface area contributed by atoms with Gasteiger partial charge >= 0.3 is 11.8 Å². The first-order valence-electron chi connectivity index (χ1n) is 8.79. The Labute approximate surface area is 166 Å². The molecule has 0 spiro atoms. The van der Waals surface area contributed by atoms with Crippen molar-refractivity contribution in [2.45, 2.75) is 24.3 Å². The maximum atomic E-state index is 12.6. The lowest BCUT2D eigenvalue weighted by Gasteiger charge is -2.15. The molecule has 1 amide bonds. The minimum absolute atomic E-state index is 0.139. The van der Waals surface area contributed by atoms with Crippen LogP contribution in [0.15, 0.2) is 51.1 Å². The van der Waals surface area contributed by atoms with E-state index >= 15 is 0 Å². The molecule has 1 saturated heterocycles. The molecular weight excluding hydrogens is 400 g/mol. The minimum atomic E-state index is -3.47. The van der Waals surface area contributed by atoms with Crippen molar-refractivity contribution in [2.75, 3.05) is 13.1 Å². The number of carbonyl (C=O) groups excluding carboxylic acids is 1. The second-order valence-corrected chi connectivity index (χ2v) is 9.28. The van der Waals surface area contributed by atoms with Gasteiger partial charge in [0.2, 0.25) is 15.9 Å². The smallest absolute Gasteiger partial charge is 0.309 e. The molecule has 146 valence electrons. The Morgan fingerprint density at radius 2 is 1.89 bits per heavy atom. The second-order valence-electron chi connectivity index (χ2n) is 6.31. The molecule has 0 bridgehead atoms. The van der Waals surface area contributed by atoms with Crippen LogP contribution in [0.25, 0.3) is 11.5 Å². The summed E-state index contributed by atoms with van der Waals surface area (Å²) in [6.07, 6.45) is 1.77. The van der Waals surface area contributed by atoms with Crippen LogP contribution in [-0.4, -0.2) is 41.9 Å². The van der Waals surface area contributed by atoms with Gasteiger partial charge in [0.25, 0.3) is 0 Å². The fourth-order valence-electron chi connectivity index (χ4n) is 2.93. The van der Waals surface area contributed by atoms with Crippen molar-refractivity contribution in [3.63, 3.8) is 0 Å². The molecule has 1 aromatic carbocycles. The van der Waals surface area contributed by atoms with Crippen molar-refractivity contribution in [2.24, 2.45) is 0 Å². The summed E-state index contributed by atoms with van der Waals surface area (Å²) in [6.45, 7) is 1.49. The average molecular weight is 419 g/mol. The zero-order valence-corrected chi connectivity index (χ0v) is 16.5. The van der Waals surface area contributed by atoms with Crippen molar-refractivity contribution >= 4 is 27.3 Å². The summed E-state index contributed by atoms with van der Waals surface area (Å²) in [7, 11) is -3.47. The van der Waals surface area contributed by atoms with E-state index in [1.807, 2.05) is 17.5 Å². The topological polar surface area (TPSA) is 105 Å². The van der Waals surface area contributed by atoms with Gasteiger partial charge < -0.3 is 9.73 Å². The number of benzene rings is 1. The molecule has 2 aromatic heterocycles. The largest absolute Gasteiger partial charge is 0.412 e. The van der Waals surface area contributed by atoms with Gasteiger partial charge in [0, 0.05) is 23.5 Å². The number of rotatable bonds is 6. The summed E-state index contributed by atoms with van der Waals surface area (Å²) in [4.78, 5) is 13.4. The van der Waals surface area contributed by atoms with Crippen molar-refractivity contribution in [1.82, 2.24) is 19.8 Å². The molecule has 1 fully saturated rings. The van der Waals surface area contributed by atoms with E-state index in [2.05, 4.69) is 15.5 Å². The summed E-state index contributed by atoms with van der Waals surface area (Å²) in [5.74, 6) is -0.438. The maximum absolute atomic E-state index is 12.6. The summed E-state index contributed by atoms with van der Waals surface area (Å²) in [5, 5.41) is 12.3. The first-order valence-corrected chi connectivity index (χ1v) is 11.1. The van der Waals surface area contributed by atoms with Gasteiger partial charge in [0.05, 0.1) is 11.4 Å². The van der Waals surface area contributed by atoms with Gasteiger partial charge in [-0.3, -0.25) is 4.79 Å². The predicted molar refractivity (Wildman–Crippen MR) is 103 cm³/mol. The SMILES string of the molecule is O=C(NCc1cccs1)c1nnc(-c2ccc(S(=O)(=O)N3CCCC3)cc2)o1. The van der Waals surface area contributed by atoms with Gasteiger partial charge in [-0.25, -0.2) is 8.42 Å². The van der Waals surface area contributed by atoms with Crippen LogP contribution in [0, 0.1) is 0 Å². The number of nitrogens with one attached hydrogen (secondary N) is 1. The highest BCUT2D eigenvalue weighted by atomic mass is 32.2. The molecule has 1 aliphatic heterocycles. The van der Waals surface area contributed by atoms with E-state index in [-0.39, 0.29) is 16.7 Å². The first kappa shape index (κ1) is 18.8. The van der Waals surface area contributed by atoms with Gasteiger partial charge in [-0.2, -0.15) is 4.31 Å². The minimum Gasteiger partial charge on any atom is -0.412 e. The van der Waals surface area contributed by atoms with Crippen LogP contribution in [0.5, 0.6) is 0 Å². The van der Waals surface area contributed by atoms with Crippen LogP contribution < -0.4 is 5.32 Å². The number of amides is 1. The van der Waals surface area contributed by atoms with Crippen LogP contribution >= 0.6 is 11.3 Å². The lowest BCUT2D eigenvalue weighted by Crippen LogP contribution is -2.27. The molecule has 1 aliphatic rings. The fraction of sp³-hybridized carbons (Fsp3) is 0.278. The first-order chi connectivity index (χ1) is 13.5. The average Bonchev–Trinajstić information content (AvgIpc) is 3.48. The lowest BCUT2D eigenvalue weighted by atomic mass is 10.2. The highest BCUT2D eigenvalue weighted by Gasteiger charge is 2.27. The van der Waals surface area contributed by atoms with E-state index in [1.165, 1.54) is 16.4 Å². The molecule has 8 nitrogen and oxygen atoms in total. The number of sulfonamides is 1. The van der Waals surface area contributed by atoms with Gasteiger partial charge in [-0.1, -0.05) is 6.07 Å². The van der Waals surface area contributed by atoms with E-state index in [4.69, 9.17) is 4.42 Å². The molecule has 0 unspecified atom stereocenters. The van der Waals surface area contributed by atoms with E-state index in [1.54, 1.807) is 23.5 Å². The van der Waals surface area contributed by atoms with Crippen molar-refractivity contribution in [1.29, 1.82) is 0 Å². The number of aromatic nitrogens is 2. The van der Waals surface area contributed by atoms with Gasteiger partial charge in [-0.05, 0) is 48.6 Å². The molecule has 3 aromatic rings. The van der Waals surface area contributed by atoms with E-state index in [0.29, 0.717) is 25.2 Å². The van der Waals surface area contributed by atoms with Crippen LogP contribution in [0.4, 0.5) is 0 Å². The Bertz CT molecular complexity index is 1050. The van der Waals surface area contributed by atoms with Gasteiger partial charge in [0.1, 0.15) is 0 Å². The summed E-state index contributed by atoms with van der Waals surface area (Å²) in [5.41, 5.74) is 0.546. The predicted octanol–water partition coefficient (Wildman–Crippen LogP) is 2.51. The molecule has 28 heavy (non-hydrogen) atoms. The summed E-state index contributed by atoms with van der Waals surface area (Å²) >= 11 is 1.54. The number of carbonyl (C=O) groups is 1. The highest BCUT2D eigenvalue weighted by molar-refractivity contribution is 7.89. The van der Waals surface area contributed by atoms with Crippen LogP contribution in [0.1, 0.15) is 28.4 Å². The quantitative estimate of drug-likeness (QED) is 0.659.